The summed E-state index contributed by atoms with van der Waals surface area (Å²) in [4.78, 5) is 28.5. The van der Waals surface area contributed by atoms with E-state index in [0.29, 0.717) is 13.0 Å². The van der Waals surface area contributed by atoms with E-state index in [0.717, 1.165) is 10.6 Å². The number of carbonyl (C=O) groups is 2. The highest BCUT2D eigenvalue weighted by Crippen LogP contribution is 2.12. The van der Waals surface area contributed by atoms with Gasteiger partial charge in [-0.2, -0.15) is 0 Å². The second-order valence-corrected chi connectivity index (χ2v) is 5.57. The topological polar surface area (TPSA) is 78.9 Å². The molecule has 1 aromatic carbocycles. The molecular weight excluding hydrogens is 272 g/mol. The van der Waals surface area contributed by atoms with Crippen LogP contribution in [0.5, 0.6) is 0 Å². The summed E-state index contributed by atoms with van der Waals surface area (Å²) < 4.78 is 0. The minimum Gasteiger partial charge on any atom is -0.394 e. The van der Waals surface area contributed by atoms with Crippen LogP contribution in [0.4, 0.5) is 0 Å². The summed E-state index contributed by atoms with van der Waals surface area (Å²) in [7, 11) is 0. The van der Waals surface area contributed by atoms with Gasteiger partial charge in [-0.1, -0.05) is 30.3 Å². The molecule has 1 rings (SSSR count). The summed E-state index contributed by atoms with van der Waals surface area (Å²) in [6.07, 6.45) is 0.397. The van der Waals surface area contributed by atoms with Crippen molar-refractivity contribution in [2.75, 3.05) is 6.61 Å². The molecule has 1 aromatic rings. The molecule has 0 saturated carbocycles. The lowest BCUT2D eigenvalue weighted by atomic mass is 10.2. The van der Waals surface area contributed by atoms with Crippen molar-refractivity contribution in [2.24, 2.45) is 0 Å². The average molecular weight is 294 g/mol. The Balaban J connectivity index is 2.65. The van der Waals surface area contributed by atoms with Crippen LogP contribution < -0.4 is 5.32 Å². The Bertz CT molecular complexity index is 456. The second kappa shape index (κ2) is 7.75. The van der Waals surface area contributed by atoms with Crippen LogP contribution in [0, 0.1) is 0 Å². The number of amides is 2. The van der Waals surface area contributed by atoms with Crippen molar-refractivity contribution in [2.45, 2.75) is 39.0 Å². The number of nitrogens with zero attached hydrogens (tertiary/aromatic N) is 1. The third kappa shape index (κ3) is 5.93. The molecule has 0 fully saturated rings. The van der Waals surface area contributed by atoms with Crippen molar-refractivity contribution < 1.29 is 19.5 Å². The van der Waals surface area contributed by atoms with Crippen molar-refractivity contribution in [3.8, 4) is 0 Å². The van der Waals surface area contributed by atoms with Gasteiger partial charge in [-0.15, -0.1) is 0 Å². The number of hydrogen-bond acceptors (Lipinski definition) is 4. The monoisotopic (exact) mass is 294 g/mol. The SMILES string of the molecule is CC(C)(C)ON(C=O)[C@H](CO)C(=O)NCc1ccccc1. The molecule has 0 aliphatic heterocycles. The van der Waals surface area contributed by atoms with Gasteiger partial charge in [0, 0.05) is 6.54 Å². The highest BCUT2D eigenvalue weighted by molar-refractivity contribution is 5.83. The standard InChI is InChI=1S/C15H22N2O4/c1-15(2,3)21-17(11-19)13(10-18)14(20)16-9-12-7-5-4-6-8-12/h4-8,11,13,18H,9-10H2,1-3H3,(H,16,20)/t13-/m1/s1. The van der Waals surface area contributed by atoms with Crippen LogP contribution in [0.15, 0.2) is 30.3 Å². The fourth-order valence-electron chi connectivity index (χ4n) is 1.66. The number of hydrogen-bond donors (Lipinski definition) is 2. The maximum atomic E-state index is 12.1. The van der Waals surface area contributed by atoms with Crippen molar-refractivity contribution in [1.29, 1.82) is 0 Å². The highest BCUT2D eigenvalue weighted by atomic mass is 16.7. The predicted molar refractivity (Wildman–Crippen MR) is 77.9 cm³/mol. The van der Waals surface area contributed by atoms with Gasteiger partial charge in [0.25, 0.3) is 0 Å². The summed E-state index contributed by atoms with van der Waals surface area (Å²) in [5.41, 5.74) is 0.283. The van der Waals surface area contributed by atoms with Crippen LogP contribution in [-0.4, -0.2) is 40.7 Å². The predicted octanol–water partition coefficient (Wildman–Crippen LogP) is 0.852. The average Bonchev–Trinajstić information content (AvgIpc) is 2.44. The Labute approximate surface area is 124 Å². The lowest BCUT2D eigenvalue weighted by molar-refractivity contribution is -0.234. The molecule has 0 heterocycles. The molecular formula is C15H22N2O4. The Morgan fingerprint density at radius 3 is 2.48 bits per heavy atom. The molecule has 0 aromatic heterocycles. The normalized spacial score (nSPS) is 12.6. The largest absolute Gasteiger partial charge is 0.394 e. The third-order valence-electron chi connectivity index (χ3n) is 2.58. The fraction of sp³-hybridized carbons (Fsp3) is 0.467. The molecule has 6 nitrogen and oxygen atoms in total. The number of benzene rings is 1. The second-order valence-electron chi connectivity index (χ2n) is 5.57. The van der Waals surface area contributed by atoms with Crippen molar-refractivity contribution in [3.63, 3.8) is 0 Å². The molecule has 21 heavy (non-hydrogen) atoms. The number of aliphatic hydroxyl groups excluding tert-OH is 1. The van der Waals surface area contributed by atoms with Crippen LogP contribution in [0.25, 0.3) is 0 Å². The Kier molecular flexibility index (Phi) is 6.33. The van der Waals surface area contributed by atoms with Gasteiger partial charge in [-0.05, 0) is 26.3 Å². The van der Waals surface area contributed by atoms with E-state index in [9.17, 15) is 14.7 Å². The van der Waals surface area contributed by atoms with E-state index in [-0.39, 0.29) is 0 Å². The van der Waals surface area contributed by atoms with E-state index in [4.69, 9.17) is 4.84 Å². The van der Waals surface area contributed by atoms with Crippen LogP contribution >= 0.6 is 0 Å². The summed E-state index contributed by atoms with van der Waals surface area (Å²) >= 11 is 0. The number of nitrogens with one attached hydrogen (secondary N) is 1. The first-order valence-electron chi connectivity index (χ1n) is 6.72. The van der Waals surface area contributed by atoms with Gasteiger partial charge in [0.15, 0.2) is 6.04 Å². The first-order chi connectivity index (χ1) is 9.87. The molecule has 6 heteroatoms. The van der Waals surface area contributed by atoms with E-state index >= 15 is 0 Å². The quantitative estimate of drug-likeness (QED) is 0.577. The molecule has 2 N–H and O–H groups in total. The van der Waals surface area contributed by atoms with Gasteiger partial charge in [-0.25, -0.2) is 5.06 Å². The van der Waals surface area contributed by atoms with Crippen LogP contribution in [0.2, 0.25) is 0 Å². The van der Waals surface area contributed by atoms with E-state index in [1.54, 1.807) is 20.8 Å². The molecule has 1 atom stereocenters. The zero-order valence-electron chi connectivity index (χ0n) is 12.6. The lowest BCUT2D eigenvalue weighted by Crippen LogP contribution is -2.50. The van der Waals surface area contributed by atoms with Gasteiger partial charge in [0.2, 0.25) is 12.3 Å². The van der Waals surface area contributed by atoms with Crippen molar-refractivity contribution in [1.82, 2.24) is 10.4 Å². The lowest BCUT2D eigenvalue weighted by Gasteiger charge is -2.31. The van der Waals surface area contributed by atoms with Crippen LogP contribution in [0.3, 0.4) is 0 Å². The number of aliphatic hydroxyl groups is 1. The van der Waals surface area contributed by atoms with E-state index < -0.39 is 24.2 Å². The maximum absolute atomic E-state index is 12.1. The molecule has 0 bridgehead atoms. The van der Waals surface area contributed by atoms with Crippen molar-refractivity contribution >= 4 is 12.3 Å². The molecule has 0 unspecified atom stereocenters. The van der Waals surface area contributed by atoms with Crippen LogP contribution in [0.1, 0.15) is 26.3 Å². The van der Waals surface area contributed by atoms with Gasteiger partial charge in [0.1, 0.15) is 0 Å². The van der Waals surface area contributed by atoms with Gasteiger partial charge < -0.3 is 10.4 Å². The van der Waals surface area contributed by atoms with Gasteiger partial charge >= 0.3 is 0 Å². The Hall–Kier alpha value is -1.92. The minimum atomic E-state index is -1.08. The number of hydroxylamine groups is 2. The number of carbonyl (C=O) groups excluding carboxylic acids is 2. The molecule has 0 aliphatic carbocycles. The van der Waals surface area contributed by atoms with Gasteiger partial charge in [0.05, 0.1) is 12.2 Å². The zero-order chi connectivity index (χ0) is 15.9. The van der Waals surface area contributed by atoms with Crippen molar-refractivity contribution in [3.05, 3.63) is 35.9 Å². The summed E-state index contributed by atoms with van der Waals surface area (Å²) in [5, 5.41) is 12.9. The maximum Gasteiger partial charge on any atom is 0.248 e. The minimum absolute atomic E-state index is 0.318. The molecule has 0 saturated heterocycles. The molecule has 0 aliphatic rings. The number of rotatable bonds is 7. The zero-order valence-corrected chi connectivity index (χ0v) is 12.6. The molecule has 116 valence electrons. The van der Waals surface area contributed by atoms with Crippen LogP contribution in [-0.2, 0) is 21.0 Å². The third-order valence-corrected chi connectivity index (χ3v) is 2.58. The first kappa shape index (κ1) is 17.1. The van der Waals surface area contributed by atoms with E-state index in [2.05, 4.69) is 5.32 Å². The molecule has 0 radical (unpaired) electrons. The highest BCUT2D eigenvalue weighted by Gasteiger charge is 2.28. The summed E-state index contributed by atoms with van der Waals surface area (Å²) in [6.45, 7) is 5.05. The molecule has 0 spiro atoms. The van der Waals surface area contributed by atoms with E-state index in [1.165, 1.54) is 0 Å². The first-order valence-corrected chi connectivity index (χ1v) is 6.72. The Morgan fingerprint density at radius 2 is 2.00 bits per heavy atom. The Morgan fingerprint density at radius 1 is 1.38 bits per heavy atom. The summed E-state index contributed by atoms with van der Waals surface area (Å²) in [5.74, 6) is -0.474. The smallest absolute Gasteiger partial charge is 0.248 e. The summed E-state index contributed by atoms with van der Waals surface area (Å²) in [6, 6.07) is 8.28. The fourth-order valence-corrected chi connectivity index (χ4v) is 1.66. The molecule has 2 amide bonds. The van der Waals surface area contributed by atoms with E-state index in [1.807, 2.05) is 30.3 Å². The van der Waals surface area contributed by atoms with Gasteiger partial charge in [-0.3, -0.25) is 14.4 Å².